The largest absolute Gasteiger partial charge is 0.573 e. The molecule has 0 aliphatic rings. The molecule has 0 saturated carbocycles. The average Bonchev–Trinajstić information content (AvgIpc) is 3.32. The summed E-state index contributed by atoms with van der Waals surface area (Å²) in [6.07, 6.45) is -9.49. The van der Waals surface area contributed by atoms with E-state index in [9.17, 15) is 35.5 Å². The van der Waals surface area contributed by atoms with Crippen molar-refractivity contribution < 1.29 is 55.0 Å². The minimum atomic E-state index is -4.75. The third kappa shape index (κ3) is 12.6. The number of alkyl halides is 6. The van der Waals surface area contributed by atoms with Gasteiger partial charge in [-0.25, -0.2) is 0 Å². The number of rotatable bonds is 10. The van der Waals surface area contributed by atoms with Gasteiger partial charge >= 0.3 is 19.8 Å². The standard InChI is InChI=1S/C25H18F3O2P.C18H14BrOP.C7H6BF3O3/c26-25(27,28)30-20-17-15-19(16-18-20)23-13-7-8-14-24(23)31(29,21-9-3-1-4-10-21)22-11-5-2-6-12-22;19-17-13-7-8-14-18(17)21(20,15-9-3-1-4-10-15)16-11-5-2-6-12-16;9-7(10,11)14-6-3-1-5(2-4-6)8(12)13/h1-18H;1-14H;1-4,12-13H. The predicted octanol–water partition coefficient (Wildman–Crippen LogP) is 10.2. The first-order valence-electron chi connectivity index (χ1n) is 19.8. The molecule has 0 atom stereocenters. The van der Waals surface area contributed by atoms with Gasteiger partial charge in [-0.2, -0.15) is 0 Å². The summed E-state index contributed by atoms with van der Waals surface area (Å²) in [7, 11) is -7.80. The Morgan fingerprint density at radius 2 is 0.727 bits per heavy atom. The number of hydrogen-bond acceptors (Lipinski definition) is 6. The van der Waals surface area contributed by atoms with Crippen LogP contribution >= 0.6 is 30.2 Å². The van der Waals surface area contributed by atoms with Crippen molar-refractivity contribution in [3.63, 3.8) is 0 Å². The third-order valence-electron chi connectivity index (χ3n) is 9.72. The van der Waals surface area contributed by atoms with E-state index < -0.39 is 39.9 Å². The fourth-order valence-corrected chi connectivity index (χ4v) is 13.4. The lowest BCUT2D eigenvalue weighted by molar-refractivity contribution is -0.275. The molecule has 0 heterocycles. The molecule has 336 valence electrons. The van der Waals surface area contributed by atoms with Crippen LogP contribution in [0.5, 0.6) is 11.5 Å². The number of hydrogen-bond donors (Lipinski definition) is 2. The van der Waals surface area contributed by atoms with Crippen molar-refractivity contribution in [1.29, 1.82) is 0 Å². The van der Waals surface area contributed by atoms with Crippen LogP contribution in [0.2, 0.25) is 0 Å². The SMILES string of the molecule is O=P(c1ccccc1)(c1ccccc1)c1ccccc1-c1ccc(OC(F)(F)F)cc1.O=P(c1ccccc1)(c1ccccc1)c1ccccc1Br.OB(O)c1ccc(OC(F)(F)F)cc1. The molecule has 0 saturated heterocycles. The van der Waals surface area contributed by atoms with E-state index in [1.807, 2.05) is 170 Å². The van der Waals surface area contributed by atoms with E-state index in [-0.39, 0.29) is 11.2 Å². The summed E-state index contributed by atoms with van der Waals surface area (Å²) in [5.41, 5.74) is 1.44. The Hall–Kier alpha value is -6.14. The molecule has 8 aromatic carbocycles. The van der Waals surface area contributed by atoms with Crippen molar-refractivity contribution in [2.24, 2.45) is 0 Å². The Morgan fingerprint density at radius 3 is 1.09 bits per heavy atom. The van der Waals surface area contributed by atoms with E-state index in [2.05, 4.69) is 25.4 Å². The molecule has 2 N–H and O–H groups in total. The molecule has 16 heteroatoms. The van der Waals surface area contributed by atoms with E-state index >= 15 is 0 Å². The van der Waals surface area contributed by atoms with Crippen molar-refractivity contribution in [3.8, 4) is 22.6 Å². The lowest BCUT2D eigenvalue weighted by Gasteiger charge is -2.23. The summed E-state index contributed by atoms with van der Waals surface area (Å²) in [5.74, 6) is -0.704. The fourth-order valence-electron chi connectivity index (χ4n) is 6.78. The first-order valence-corrected chi connectivity index (χ1v) is 24.0. The molecule has 0 fully saturated rings. The van der Waals surface area contributed by atoms with Gasteiger partial charge in [0.1, 0.15) is 11.5 Å². The molecular formula is C50H38BBrF6O6P2. The van der Waals surface area contributed by atoms with Crippen molar-refractivity contribution in [2.45, 2.75) is 12.7 Å². The molecule has 0 aromatic heterocycles. The highest BCUT2D eigenvalue weighted by Crippen LogP contribution is 2.46. The van der Waals surface area contributed by atoms with Crippen LogP contribution in [0.4, 0.5) is 26.3 Å². The van der Waals surface area contributed by atoms with Gasteiger partial charge in [-0.3, -0.25) is 0 Å². The Labute approximate surface area is 386 Å². The first kappa shape index (κ1) is 49.3. The van der Waals surface area contributed by atoms with Crippen LogP contribution in [-0.4, -0.2) is 29.9 Å². The van der Waals surface area contributed by atoms with Crippen LogP contribution in [0.3, 0.4) is 0 Å². The molecule has 66 heavy (non-hydrogen) atoms. The molecule has 8 rings (SSSR count). The summed E-state index contributed by atoms with van der Waals surface area (Å²) in [4.78, 5) is 0. The first-order chi connectivity index (χ1) is 31.5. The maximum atomic E-state index is 14.7. The minimum Gasteiger partial charge on any atom is -0.423 e. The van der Waals surface area contributed by atoms with E-state index in [4.69, 9.17) is 10.0 Å². The summed E-state index contributed by atoms with van der Waals surface area (Å²) in [5, 5.41) is 21.8. The second kappa shape index (κ2) is 21.9. The van der Waals surface area contributed by atoms with Crippen LogP contribution in [0.25, 0.3) is 11.1 Å². The highest BCUT2D eigenvalue weighted by Gasteiger charge is 2.34. The molecule has 0 bridgehead atoms. The van der Waals surface area contributed by atoms with E-state index in [1.165, 1.54) is 12.1 Å². The lowest BCUT2D eigenvalue weighted by atomic mass is 9.80. The van der Waals surface area contributed by atoms with Crippen molar-refractivity contribution >= 4 is 74.6 Å². The third-order valence-corrected chi connectivity index (χ3v) is 17.0. The zero-order valence-corrected chi connectivity index (χ0v) is 37.8. The van der Waals surface area contributed by atoms with Gasteiger partial charge in [0.05, 0.1) is 0 Å². The average molecular weight is 1000 g/mol. The van der Waals surface area contributed by atoms with Crippen molar-refractivity contribution in [1.82, 2.24) is 0 Å². The Morgan fingerprint density at radius 1 is 0.409 bits per heavy atom. The predicted molar refractivity (Wildman–Crippen MR) is 254 cm³/mol. The molecule has 0 unspecified atom stereocenters. The van der Waals surface area contributed by atoms with Gasteiger partial charge in [0, 0.05) is 36.3 Å². The molecule has 6 nitrogen and oxygen atoms in total. The van der Waals surface area contributed by atoms with Gasteiger partial charge in [0.15, 0.2) is 14.3 Å². The van der Waals surface area contributed by atoms with Gasteiger partial charge in [0.25, 0.3) is 0 Å². The van der Waals surface area contributed by atoms with Crippen LogP contribution in [0.1, 0.15) is 0 Å². The minimum absolute atomic E-state index is 0.0968. The van der Waals surface area contributed by atoms with Crippen LogP contribution in [0, 0.1) is 0 Å². The Bertz CT molecular complexity index is 2790. The van der Waals surface area contributed by atoms with E-state index in [0.29, 0.717) is 27.0 Å². The topological polar surface area (TPSA) is 93.1 Å². The summed E-state index contributed by atoms with van der Waals surface area (Å²) in [6, 6.07) is 62.7. The second-order valence-electron chi connectivity index (χ2n) is 14.1. The number of ether oxygens (including phenoxy) is 2. The number of halogens is 7. The highest BCUT2D eigenvalue weighted by atomic mass is 79.9. The fraction of sp³-hybridized carbons (Fsp3) is 0.0400. The lowest BCUT2D eigenvalue weighted by Crippen LogP contribution is -2.29. The molecule has 0 spiro atoms. The van der Waals surface area contributed by atoms with Crippen molar-refractivity contribution in [2.75, 3.05) is 0 Å². The quantitative estimate of drug-likeness (QED) is 0.0806. The zero-order valence-electron chi connectivity index (χ0n) is 34.4. The number of benzene rings is 8. The van der Waals surface area contributed by atoms with Gasteiger partial charge in [-0.1, -0.05) is 198 Å². The van der Waals surface area contributed by atoms with Crippen LogP contribution in [0.15, 0.2) is 223 Å². The van der Waals surface area contributed by atoms with Gasteiger partial charge < -0.3 is 28.7 Å². The van der Waals surface area contributed by atoms with E-state index in [0.717, 1.165) is 44.7 Å². The summed E-state index contributed by atoms with van der Waals surface area (Å²) in [6.45, 7) is 0. The van der Waals surface area contributed by atoms with Crippen LogP contribution < -0.4 is 46.8 Å². The monoisotopic (exact) mass is 1000 g/mol. The van der Waals surface area contributed by atoms with E-state index in [1.54, 1.807) is 12.1 Å². The Kier molecular flexibility index (Phi) is 16.4. The second-order valence-corrected chi connectivity index (χ2v) is 20.4. The maximum Gasteiger partial charge on any atom is 0.573 e. The molecule has 0 amide bonds. The molecule has 0 aliphatic carbocycles. The summed E-state index contributed by atoms with van der Waals surface area (Å²) < 4.78 is 110. The van der Waals surface area contributed by atoms with Crippen molar-refractivity contribution in [3.05, 3.63) is 223 Å². The summed E-state index contributed by atoms with van der Waals surface area (Å²) >= 11 is 3.55. The van der Waals surface area contributed by atoms with Gasteiger partial charge in [-0.15, -0.1) is 26.3 Å². The van der Waals surface area contributed by atoms with Gasteiger partial charge in [-0.05, 0) is 53.0 Å². The molecule has 8 aromatic rings. The zero-order chi connectivity index (χ0) is 47.4. The smallest absolute Gasteiger partial charge is 0.423 e. The van der Waals surface area contributed by atoms with Gasteiger partial charge in [0.2, 0.25) is 0 Å². The normalized spacial score (nSPS) is 11.5. The maximum absolute atomic E-state index is 14.7. The molecule has 0 aliphatic heterocycles. The molecular weight excluding hydrogens is 963 g/mol. The Balaban J connectivity index is 0.000000178. The highest BCUT2D eigenvalue weighted by molar-refractivity contribution is 9.10. The molecule has 0 radical (unpaired) electrons. The van der Waals surface area contributed by atoms with Crippen LogP contribution in [-0.2, 0) is 9.13 Å².